The van der Waals surface area contributed by atoms with E-state index in [1.165, 1.54) is 14.0 Å². The zero-order valence-corrected chi connectivity index (χ0v) is 18.4. The molecule has 0 unspecified atom stereocenters. The largest absolute Gasteiger partial charge is 0.480 e. The number of benzene rings is 1. The molecule has 30 heavy (non-hydrogen) atoms. The molecule has 0 radical (unpaired) electrons. The Hall–Kier alpha value is -2.38. The number of aliphatic carboxylic acids is 1. The van der Waals surface area contributed by atoms with Gasteiger partial charge in [-0.15, -0.1) is 0 Å². The highest BCUT2D eigenvalue weighted by Gasteiger charge is 2.45. The zero-order chi connectivity index (χ0) is 22.1. The van der Waals surface area contributed by atoms with Crippen molar-refractivity contribution in [2.24, 2.45) is 5.92 Å². The van der Waals surface area contributed by atoms with Crippen molar-refractivity contribution in [3.05, 3.63) is 47.7 Å². The van der Waals surface area contributed by atoms with E-state index in [9.17, 15) is 14.7 Å². The summed E-state index contributed by atoms with van der Waals surface area (Å²) in [7, 11) is 1.52. The Labute approximate surface area is 179 Å². The van der Waals surface area contributed by atoms with Crippen LogP contribution in [0.1, 0.15) is 52.0 Å². The van der Waals surface area contributed by atoms with Gasteiger partial charge >= 0.3 is 5.97 Å². The highest BCUT2D eigenvalue weighted by molar-refractivity contribution is 5.76. The average Bonchev–Trinajstić information content (AvgIpc) is 3.08. The van der Waals surface area contributed by atoms with Gasteiger partial charge in [0.2, 0.25) is 5.91 Å². The predicted molar refractivity (Wildman–Crippen MR) is 116 cm³/mol. The first-order chi connectivity index (χ1) is 14.4. The second-order valence-corrected chi connectivity index (χ2v) is 7.93. The van der Waals surface area contributed by atoms with Crippen molar-refractivity contribution in [2.45, 2.75) is 71.1 Å². The molecule has 0 spiro atoms. The van der Waals surface area contributed by atoms with Crippen molar-refractivity contribution in [3.8, 4) is 0 Å². The molecule has 1 aliphatic heterocycles. The van der Waals surface area contributed by atoms with Crippen LogP contribution in [0.5, 0.6) is 0 Å². The third kappa shape index (κ3) is 6.31. The minimum absolute atomic E-state index is 0.108. The van der Waals surface area contributed by atoms with Crippen molar-refractivity contribution in [2.75, 3.05) is 7.11 Å². The van der Waals surface area contributed by atoms with Gasteiger partial charge in [0.15, 0.2) is 0 Å². The monoisotopic (exact) mass is 417 g/mol. The maximum Gasteiger partial charge on any atom is 0.321 e. The standard InChI is InChI=1S/C23H35N3O4/c1-5-17(6-2)12-20(25-16(3)27)22-19(14-24-30-4)13-21(23(28)29)26(22)15-18-10-8-7-9-11-18/h7-11,14,17,20-22,24H,5-6,12-13,15H2,1-4H3,(H,25,27)(H,28,29)/t20-,21+,22+/m0/s1. The van der Waals surface area contributed by atoms with Gasteiger partial charge in [-0.2, -0.15) is 0 Å². The molecule has 1 amide bonds. The Kier molecular flexibility index (Phi) is 9.33. The van der Waals surface area contributed by atoms with E-state index in [1.54, 1.807) is 6.20 Å². The number of hydrogen-bond donors (Lipinski definition) is 3. The lowest BCUT2D eigenvalue weighted by molar-refractivity contribution is -0.143. The van der Waals surface area contributed by atoms with Gasteiger partial charge in [-0.1, -0.05) is 57.0 Å². The van der Waals surface area contributed by atoms with Crippen LogP contribution in [0, 0.1) is 5.92 Å². The summed E-state index contributed by atoms with van der Waals surface area (Å²) in [6, 6.07) is 8.76. The average molecular weight is 418 g/mol. The van der Waals surface area contributed by atoms with Crippen molar-refractivity contribution in [1.29, 1.82) is 0 Å². The molecule has 1 fully saturated rings. The van der Waals surface area contributed by atoms with Gasteiger partial charge in [0, 0.05) is 25.7 Å². The lowest BCUT2D eigenvalue weighted by Crippen LogP contribution is -2.52. The normalized spacial score (nSPS) is 21.7. The molecule has 0 bridgehead atoms. The number of hydrogen-bond acceptors (Lipinski definition) is 5. The fourth-order valence-corrected chi connectivity index (χ4v) is 4.38. The number of nitrogens with one attached hydrogen (secondary N) is 2. The fourth-order valence-electron chi connectivity index (χ4n) is 4.38. The number of amides is 1. The molecule has 2 rings (SSSR count). The summed E-state index contributed by atoms with van der Waals surface area (Å²) in [5, 5.41) is 13.1. The predicted octanol–water partition coefficient (Wildman–Crippen LogP) is 3.08. The van der Waals surface area contributed by atoms with Crippen LogP contribution in [-0.4, -0.2) is 47.1 Å². The molecule has 7 heteroatoms. The number of carboxylic acid groups (broad SMARTS) is 1. The summed E-state index contributed by atoms with van der Waals surface area (Å²) in [5.41, 5.74) is 4.72. The molecule has 0 saturated carbocycles. The molecule has 0 aromatic heterocycles. The summed E-state index contributed by atoms with van der Waals surface area (Å²) < 4.78 is 0. The number of nitrogens with zero attached hydrogens (tertiary/aromatic N) is 1. The zero-order valence-electron chi connectivity index (χ0n) is 18.4. The van der Waals surface area contributed by atoms with Gasteiger partial charge in [-0.3, -0.25) is 24.8 Å². The second kappa shape index (κ2) is 11.7. The molecule has 1 saturated heterocycles. The van der Waals surface area contributed by atoms with Crippen LogP contribution in [0.3, 0.4) is 0 Å². The smallest absolute Gasteiger partial charge is 0.321 e. The molecular formula is C23H35N3O4. The van der Waals surface area contributed by atoms with E-state index in [4.69, 9.17) is 4.84 Å². The topological polar surface area (TPSA) is 90.9 Å². The quantitative estimate of drug-likeness (QED) is 0.480. The first kappa shape index (κ1) is 23.9. The van der Waals surface area contributed by atoms with Gasteiger partial charge < -0.3 is 10.4 Å². The molecule has 3 atom stereocenters. The summed E-state index contributed by atoms with van der Waals surface area (Å²) in [4.78, 5) is 31.2. The molecule has 166 valence electrons. The van der Waals surface area contributed by atoms with E-state index in [-0.39, 0.29) is 18.0 Å². The van der Waals surface area contributed by atoms with Crippen molar-refractivity contribution >= 4 is 11.9 Å². The van der Waals surface area contributed by atoms with Gasteiger partial charge in [0.25, 0.3) is 0 Å². The molecule has 1 aromatic rings. The van der Waals surface area contributed by atoms with Crippen LogP contribution < -0.4 is 10.8 Å². The van der Waals surface area contributed by atoms with Crippen LogP contribution in [-0.2, 0) is 21.0 Å². The lowest BCUT2D eigenvalue weighted by atomic mass is 9.88. The van der Waals surface area contributed by atoms with E-state index in [0.717, 1.165) is 30.4 Å². The van der Waals surface area contributed by atoms with E-state index in [0.29, 0.717) is 18.9 Å². The molecule has 1 aromatic carbocycles. The number of likely N-dealkylation sites (tertiary alicyclic amines) is 1. The van der Waals surface area contributed by atoms with Gasteiger partial charge in [0.1, 0.15) is 6.04 Å². The minimum atomic E-state index is -0.860. The van der Waals surface area contributed by atoms with Crippen LogP contribution >= 0.6 is 0 Å². The summed E-state index contributed by atoms with van der Waals surface area (Å²) in [6.07, 6.45) is 4.93. The molecule has 3 N–H and O–H groups in total. The van der Waals surface area contributed by atoms with Crippen LogP contribution in [0.15, 0.2) is 42.1 Å². The summed E-state index contributed by atoms with van der Waals surface area (Å²) >= 11 is 0. The molecule has 7 nitrogen and oxygen atoms in total. The van der Waals surface area contributed by atoms with Gasteiger partial charge in [-0.25, -0.2) is 0 Å². The third-order valence-electron chi connectivity index (χ3n) is 5.93. The SMILES string of the molecule is CCC(CC)C[C@H](NC(C)=O)[C@H]1C(=CNOC)C[C@H](C(=O)O)N1Cc1ccccc1. The van der Waals surface area contributed by atoms with E-state index in [2.05, 4.69) is 24.6 Å². The van der Waals surface area contributed by atoms with Crippen LogP contribution in [0.2, 0.25) is 0 Å². The summed E-state index contributed by atoms with van der Waals surface area (Å²) in [6.45, 7) is 6.31. The minimum Gasteiger partial charge on any atom is -0.480 e. The number of rotatable bonds is 11. The Morgan fingerprint density at radius 1 is 1.27 bits per heavy atom. The van der Waals surface area contributed by atoms with Crippen LogP contribution in [0.4, 0.5) is 0 Å². The van der Waals surface area contributed by atoms with E-state index in [1.807, 2.05) is 35.2 Å². The van der Waals surface area contributed by atoms with E-state index < -0.39 is 12.0 Å². The molecular weight excluding hydrogens is 382 g/mol. The molecule has 1 heterocycles. The maximum atomic E-state index is 12.1. The second-order valence-electron chi connectivity index (χ2n) is 7.93. The van der Waals surface area contributed by atoms with Gasteiger partial charge in [0.05, 0.1) is 13.2 Å². The highest BCUT2D eigenvalue weighted by atomic mass is 16.6. The first-order valence-electron chi connectivity index (χ1n) is 10.7. The Balaban J connectivity index is 2.47. The number of hydroxylamine groups is 1. The van der Waals surface area contributed by atoms with E-state index >= 15 is 0 Å². The number of carboxylic acids is 1. The Bertz CT molecular complexity index is 718. The highest BCUT2D eigenvalue weighted by Crippen LogP contribution is 2.35. The number of carbonyl (C=O) groups excluding carboxylic acids is 1. The maximum absolute atomic E-state index is 12.1. The number of carbonyl (C=O) groups is 2. The van der Waals surface area contributed by atoms with Gasteiger partial charge in [-0.05, 0) is 29.9 Å². The fraction of sp³-hybridized carbons (Fsp3) is 0.565. The van der Waals surface area contributed by atoms with Crippen molar-refractivity contribution in [1.82, 2.24) is 15.7 Å². The first-order valence-corrected chi connectivity index (χ1v) is 10.7. The lowest BCUT2D eigenvalue weighted by Gasteiger charge is -2.36. The van der Waals surface area contributed by atoms with Crippen LogP contribution in [0.25, 0.3) is 0 Å². The summed E-state index contributed by atoms with van der Waals surface area (Å²) in [5.74, 6) is -0.523. The third-order valence-corrected chi connectivity index (χ3v) is 5.93. The molecule has 0 aliphatic carbocycles. The Morgan fingerprint density at radius 3 is 2.47 bits per heavy atom. The Morgan fingerprint density at radius 2 is 1.93 bits per heavy atom. The molecule has 1 aliphatic rings. The van der Waals surface area contributed by atoms with Crippen molar-refractivity contribution < 1.29 is 19.5 Å². The van der Waals surface area contributed by atoms with Crippen molar-refractivity contribution in [3.63, 3.8) is 0 Å².